The number of amides is 1. The molecule has 1 aromatic carbocycles. The Labute approximate surface area is 150 Å². The number of carbonyl (C=O) groups is 1. The Kier molecular flexibility index (Phi) is 4.39. The van der Waals surface area contributed by atoms with E-state index in [-0.39, 0.29) is 23.2 Å². The smallest absolute Gasteiger partial charge is 0.272 e. The number of nitrogens with one attached hydrogen (secondary N) is 1. The van der Waals surface area contributed by atoms with Gasteiger partial charge in [-0.25, -0.2) is 4.68 Å². The van der Waals surface area contributed by atoms with Gasteiger partial charge in [-0.05, 0) is 30.5 Å². The van der Waals surface area contributed by atoms with Crippen LogP contribution in [0.1, 0.15) is 46.3 Å². The zero-order valence-corrected chi connectivity index (χ0v) is 14.2. The van der Waals surface area contributed by atoms with Crippen molar-refractivity contribution < 1.29 is 9.21 Å². The van der Waals surface area contributed by atoms with Gasteiger partial charge < -0.3 is 9.73 Å². The van der Waals surface area contributed by atoms with Gasteiger partial charge in [-0.3, -0.25) is 9.59 Å². The second-order valence-corrected chi connectivity index (χ2v) is 6.42. The normalized spacial score (nSPS) is 16.1. The Morgan fingerprint density at radius 3 is 2.88 bits per heavy atom. The first kappa shape index (κ1) is 16.3. The van der Waals surface area contributed by atoms with E-state index in [0.717, 1.165) is 36.1 Å². The molecule has 1 unspecified atom stereocenters. The summed E-state index contributed by atoms with van der Waals surface area (Å²) in [6.45, 7) is 0.329. The van der Waals surface area contributed by atoms with Gasteiger partial charge in [-0.2, -0.15) is 5.10 Å². The van der Waals surface area contributed by atoms with E-state index in [1.54, 1.807) is 6.26 Å². The monoisotopic (exact) mass is 349 g/mol. The number of hydrogen-bond donors (Lipinski definition) is 1. The molecule has 1 aliphatic carbocycles. The summed E-state index contributed by atoms with van der Waals surface area (Å²) in [7, 11) is 0. The molecular weight excluding hydrogens is 330 g/mol. The van der Waals surface area contributed by atoms with E-state index in [2.05, 4.69) is 10.4 Å². The summed E-state index contributed by atoms with van der Waals surface area (Å²) in [6, 6.07) is 14.2. The van der Waals surface area contributed by atoms with Crippen LogP contribution in [0.15, 0.2) is 64.0 Å². The maximum absolute atomic E-state index is 12.6. The van der Waals surface area contributed by atoms with E-state index in [1.807, 2.05) is 36.4 Å². The predicted molar refractivity (Wildman–Crippen MR) is 95.9 cm³/mol. The van der Waals surface area contributed by atoms with Gasteiger partial charge in [0.15, 0.2) is 0 Å². The van der Waals surface area contributed by atoms with Crippen LogP contribution < -0.4 is 10.9 Å². The van der Waals surface area contributed by atoms with Crippen molar-refractivity contribution in [3.63, 3.8) is 0 Å². The van der Waals surface area contributed by atoms with Crippen molar-refractivity contribution in [2.75, 3.05) is 0 Å². The topological polar surface area (TPSA) is 77.1 Å². The van der Waals surface area contributed by atoms with Gasteiger partial charge >= 0.3 is 0 Å². The molecule has 2 heterocycles. The number of furan rings is 1. The Bertz CT molecular complexity index is 975. The van der Waals surface area contributed by atoms with Crippen LogP contribution in [0, 0.1) is 0 Å². The van der Waals surface area contributed by atoms with Gasteiger partial charge in [0.05, 0.1) is 18.8 Å². The molecule has 132 valence electrons. The van der Waals surface area contributed by atoms with E-state index in [4.69, 9.17) is 4.42 Å². The molecule has 1 N–H and O–H groups in total. The van der Waals surface area contributed by atoms with E-state index >= 15 is 0 Å². The molecule has 2 aromatic heterocycles. The average molecular weight is 349 g/mol. The first-order valence-electron chi connectivity index (χ1n) is 8.70. The molecule has 0 aliphatic heterocycles. The fourth-order valence-electron chi connectivity index (χ4n) is 3.31. The van der Waals surface area contributed by atoms with Crippen LogP contribution in [-0.4, -0.2) is 15.7 Å². The Hall–Kier alpha value is -3.15. The summed E-state index contributed by atoms with van der Waals surface area (Å²) < 4.78 is 6.78. The molecule has 3 aromatic rings. The van der Waals surface area contributed by atoms with Crippen LogP contribution in [0.3, 0.4) is 0 Å². The maximum Gasteiger partial charge on any atom is 0.272 e. The Morgan fingerprint density at radius 1 is 1.19 bits per heavy atom. The minimum atomic E-state index is -0.286. The van der Waals surface area contributed by atoms with Crippen LogP contribution in [0.5, 0.6) is 0 Å². The molecule has 1 amide bonds. The van der Waals surface area contributed by atoms with Crippen molar-refractivity contribution in [1.82, 2.24) is 15.1 Å². The second kappa shape index (κ2) is 7.00. The molecule has 0 fully saturated rings. The van der Waals surface area contributed by atoms with E-state index < -0.39 is 0 Å². The lowest BCUT2D eigenvalue weighted by molar-refractivity contribution is 0.0924. The largest absolute Gasteiger partial charge is 0.469 e. The zero-order valence-electron chi connectivity index (χ0n) is 14.2. The van der Waals surface area contributed by atoms with Gasteiger partial charge in [0, 0.05) is 18.1 Å². The number of aromatic nitrogens is 2. The number of rotatable bonds is 4. The number of benzene rings is 1. The predicted octanol–water partition coefficient (Wildman–Crippen LogP) is 2.69. The molecule has 6 nitrogen and oxygen atoms in total. The van der Waals surface area contributed by atoms with Crippen LogP contribution in [0.4, 0.5) is 0 Å². The van der Waals surface area contributed by atoms with Gasteiger partial charge in [-0.1, -0.05) is 30.3 Å². The molecule has 4 rings (SSSR count). The van der Waals surface area contributed by atoms with Gasteiger partial charge in [0.25, 0.3) is 11.5 Å². The third-order valence-electron chi connectivity index (χ3n) is 4.63. The molecule has 0 bridgehead atoms. The van der Waals surface area contributed by atoms with Crippen molar-refractivity contribution in [1.29, 1.82) is 0 Å². The summed E-state index contributed by atoms with van der Waals surface area (Å²) >= 11 is 0. The number of nitrogens with zero attached hydrogens (tertiary/aromatic N) is 2. The molecule has 0 saturated carbocycles. The Morgan fingerprint density at radius 2 is 2.04 bits per heavy atom. The molecule has 0 spiro atoms. The van der Waals surface area contributed by atoms with Crippen LogP contribution in [-0.2, 0) is 13.0 Å². The fourth-order valence-corrected chi connectivity index (χ4v) is 3.31. The zero-order chi connectivity index (χ0) is 17.9. The van der Waals surface area contributed by atoms with Crippen LogP contribution in [0.25, 0.3) is 0 Å². The molecular formula is C20H19N3O3. The van der Waals surface area contributed by atoms with Gasteiger partial charge in [0.2, 0.25) is 0 Å². The van der Waals surface area contributed by atoms with Crippen LogP contribution in [0.2, 0.25) is 0 Å². The summed E-state index contributed by atoms with van der Waals surface area (Å²) in [4.78, 5) is 24.7. The number of fused-ring (bicyclic) bond motifs is 1. The third kappa shape index (κ3) is 3.31. The summed E-state index contributed by atoms with van der Waals surface area (Å²) in [6.07, 6.45) is 4.39. The molecule has 26 heavy (non-hydrogen) atoms. The lowest BCUT2D eigenvalue weighted by Gasteiger charge is -2.22. The fraction of sp³-hybridized carbons (Fsp3) is 0.250. The van der Waals surface area contributed by atoms with Crippen molar-refractivity contribution in [3.05, 3.63) is 87.7 Å². The van der Waals surface area contributed by atoms with Crippen LogP contribution >= 0.6 is 0 Å². The van der Waals surface area contributed by atoms with Crippen molar-refractivity contribution in [3.8, 4) is 0 Å². The average Bonchev–Trinajstić information content (AvgIpc) is 3.14. The highest BCUT2D eigenvalue weighted by Crippen LogP contribution is 2.30. The summed E-state index contributed by atoms with van der Waals surface area (Å²) in [5.74, 6) is 0.648. The first-order valence-corrected chi connectivity index (χ1v) is 8.70. The highest BCUT2D eigenvalue weighted by Gasteiger charge is 2.25. The van der Waals surface area contributed by atoms with Crippen molar-refractivity contribution in [2.24, 2.45) is 0 Å². The lowest BCUT2D eigenvalue weighted by Crippen LogP contribution is -2.33. The number of carbonyl (C=O) groups excluding carboxylic acids is 1. The van der Waals surface area contributed by atoms with Gasteiger partial charge in [-0.15, -0.1) is 0 Å². The van der Waals surface area contributed by atoms with Crippen molar-refractivity contribution >= 4 is 5.91 Å². The number of aryl methyl sites for hydroxylation is 1. The minimum absolute atomic E-state index is 0.0821. The van der Waals surface area contributed by atoms with E-state index in [0.29, 0.717) is 6.54 Å². The third-order valence-corrected chi connectivity index (χ3v) is 4.63. The highest BCUT2D eigenvalue weighted by atomic mass is 16.3. The maximum atomic E-state index is 12.6. The quantitative estimate of drug-likeness (QED) is 0.786. The minimum Gasteiger partial charge on any atom is -0.469 e. The molecule has 1 aliphatic rings. The van der Waals surface area contributed by atoms with E-state index in [1.165, 1.54) is 16.8 Å². The van der Waals surface area contributed by atoms with Crippen molar-refractivity contribution in [2.45, 2.75) is 31.8 Å². The molecule has 0 radical (unpaired) electrons. The first-order chi connectivity index (χ1) is 12.7. The molecule has 1 atom stereocenters. The lowest BCUT2D eigenvalue weighted by atomic mass is 9.93. The number of hydrogen-bond acceptors (Lipinski definition) is 4. The SMILES string of the molecule is O=C(NC1CCCc2occc21)c1ccc(=O)n(Cc2ccccc2)n1. The highest BCUT2D eigenvalue weighted by molar-refractivity contribution is 5.92. The summed E-state index contributed by atoms with van der Waals surface area (Å²) in [5.41, 5.74) is 1.98. The standard InChI is InChI=1S/C20H19N3O3/c24-19-10-9-17(22-23(19)13-14-5-2-1-3-6-14)20(25)21-16-7-4-8-18-15(16)11-12-26-18/h1-3,5-6,9-12,16H,4,7-8,13H2,(H,21,25). The molecule has 6 heteroatoms. The van der Waals surface area contributed by atoms with Gasteiger partial charge in [0.1, 0.15) is 11.5 Å². The second-order valence-electron chi connectivity index (χ2n) is 6.42. The summed E-state index contributed by atoms with van der Waals surface area (Å²) in [5, 5.41) is 7.26. The Balaban J connectivity index is 1.54. The molecule has 0 saturated heterocycles. The van der Waals surface area contributed by atoms with E-state index in [9.17, 15) is 9.59 Å².